The van der Waals surface area contributed by atoms with Crippen molar-refractivity contribution in [1.82, 2.24) is 10.2 Å². The lowest BCUT2D eigenvalue weighted by atomic mass is 10.0. The zero-order chi connectivity index (χ0) is 13.1. The fourth-order valence-electron chi connectivity index (χ4n) is 1.96. The average Bonchev–Trinajstić information content (AvgIpc) is 2.70. The third-order valence-electron chi connectivity index (χ3n) is 3.01. The molecule has 0 amide bonds. The number of methoxy groups -OCH3 is 1. The van der Waals surface area contributed by atoms with Crippen LogP contribution in [0.3, 0.4) is 0 Å². The molecule has 0 saturated heterocycles. The molecule has 0 saturated carbocycles. The fourth-order valence-corrected chi connectivity index (χ4v) is 1.96. The normalized spacial score (nSPS) is 10.4. The van der Waals surface area contributed by atoms with Crippen molar-refractivity contribution < 1.29 is 9.53 Å². The van der Waals surface area contributed by atoms with Gasteiger partial charge in [0.25, 0.3) is 0 Å². The predicted molar refractivity (Wildman–Crippen MR) is 68.6 cm³/mol. The Balaban J connectivity index is 2.27. The van der Waals surface area contributed by atoms with E-state index in [1.54, 1.807) is 6.07 Å². The Morgan fingerprint density at radius 1 is 1.39 bits per heavy atom. The van der Waals surface area contributed by atoms with Gasteiger partial charge in [0.05, 0.1) is 18.4 Å². The van der Waals surface area contributed by atoms with Crippen LogP contribution in [0.15, 0.2) is 24.3 Å². The van der Waals surface area contributed by atoms with Gasteiger partial charge >= 0.3 is 5.97 Å². The summed E-state index contributed by atoms with van der Waals surface area (Å²) in [5.74, 6) is -0.308. The van der Waals surface area contributed by atoms with Crippen LogP contribution in [0.2, 0.25) is 0 Å². The van der Waals surface area contributed by atoms with Crippen LogP contribution in [0.5, 0.6) is 0 Å². The molecule has 0 fully saturated rings. The van der Waals surface area contributed by atoms with Crippen molar-refractivity contribution in [3.05, 3.63) is 52.3 Å². The molecule has 0 bridgehead atoms. The van der Waals surface area contributed by atoms with Crippen LogP contribution in [0, 0.1) is 13.8 Å². The van der Waals surface area contributed by atoms with Crippen LogP contribution in [0.25, 0.3) is 0 Å². The molecule has 2 rings (SSSR count). The lowest BCUT2D eigenvalue weighted by molar-refractivity contribution is 0.0600. The molecule has 0 atom stereocenters. The van der Waals surface area contributed by atoms with Crippen LogP contribution in [-0.4, -0.2) is 23.3 Å². The Hall–Kier alpha value is -2.10. The first kappa shape index (κ1) is 12.4. The number of hydrogen-bond donors (Lipinski definition) is 1. The number of carbonyl (C=O) groups is 1. The van der Waals surface area contributed by atoms with Crippen molar-refractivity contribution in [3.63, 3.8) is 0 Å². The molecule has 2 aromatic rings. The van der Waals surface area contributed by atoms with E-state index in [0.29, 0.717) is 5.56 Å². The third kappa shape index (κ3) is 2.42. The number of aromatic amines is 1. The van der Waals surface area contributed by atoms with Gasteiger partial charge in [0.2, 0.25) is 0 Å². The highest BCUT2D eigenvalue weighted by Crippen LogP contribution is 2.16. The highest BCUT2D eigenvalue weighted by Gasteiger charge is 2.09. The smallest absolute Gasteiger partial charge is 0.337 e. The summed E-state index contributed by atoms with van der Waals surface area (Å²) in [5, 5.41) is 7.13. The van der Waals surface area contributed by atoms with Crippen LogP contribution in [-0.2, 0) is 11.2 Å². The number of hydrogen-bond acceptors (Lipinski definition) is 3. The Kier molecular flexibility index (Phi) is 3.46. The molecule has 1 N–H and O–H groups in total. The van der Waals surface area contributed by atoms with Gasteiger partial charge in [-0.15, -0.1) is 0 Å². The van der Waals surface area contributed by atoms with E-state index in [-0.39, 0.29) is 5.97 Å². The molecule has 4 nitrogen and oxygen atoms in total. The summed E-state index contributed by atoms with van der Waals surface area (Å²) >= 11 is 0. The zero-order valence-electron chi connectivity index (χ0n) is 10.8. The summed E-state index contributed by atoms with van der Waals surface area (Å²) in [6, 6.07) is 7.48. The van der Waals surface area contributed by atoms with E-state index < -0.39 is 0 Å². The van der Waals surface area contributed by atoms with E-state index in [2.05, 4.69) is 10.2 Å². The first-order valence-electron chi connectivity index (χ1n) is 5.79. The summed E-state index contributed by atoms with van der Waals surface area (Å²) in [7, 11) is 1.39. The first-order chi connectivity index (χ1) is 8.61. The lowest BCUT2D eigenvalue weighted by Gasteiger charge is -2.04. The topological polar surface area (TPSA) is 55.0 Å². The highest BCUT2D eigenvalue weighted by molar-refractivity contribution is 5.89. The van der Waals surface area contributed by atoms with Gasteiger partial charge < -0.3 is 4.74 Å². The van der Waals surface area contributed by atoms with Gasteiger partial charge in [0, 0.05) is 17.7 Å². The Morgan fingerprint density at radius 2 is 2.17 bits per heavy atom. The fraction of sp³-hybridized carbons (Fsp3) is 0.286. The van der Waals surface area contributed by atoms with E-state index >= 15 is 0 Å². The van der Waals surface area contributed by atoms with Crippen molar-refractivity contribution in [1.29, 1.82) is 0 Å². The summed E-state index contributed by atoms with van der Waals surface area (Å²) in [6.45, 7) is 3.97. The third-order valence-corrected chi connectivity index (χ3v) is 3.01. The second kappa shape index (κ2) is 5.04. The molecule has 1 aromatic carbocycles. The SMILES string of the molecule is COC(=O)c1cccc(Cc2c(C)n[nH]c2C)c1. The van der Waals surface area contributed by atoms with Gasteiger partial charge in [0.1, 0.15) is 0 Å². The molecule has 0 aliphatic rings. The van der Waals surface area contributed by atoms with Gasteiger partial charge in [-0.25, -0.2) is 4.79 Å². The number of aromatic nitrogens is 2. The molecule has 94 valence electrons. The van der Waals surface area contributed by atoms with Gasteiger partial charge in [-0.3, -0.25) is 5.10 Å². The second-order valence-corrected chi connectivity index (χ2v) is 4.28. The highest BCUT2D eigenvalue weighted by atomic mass is 16.5. The molecule has 1 aromatic heterocycles. The molecule has 0 spiro atoms. The van der Waals surface area contributed by atoms with Crippen LogP contribution in [0.1, 0.15) is 32.9 Å². The van der Waals surface area contributed by atoms with E-state index in [0.717, 1.165) is 23.4 Å². The minimum Gasteiger partial charge on any atom is -0.465 e. The number of nitrogens with zero attached hydrogens (tertiary/aromatic N) is 1. The maximum absolute atomic E-state index is 11.5. The van der Waals surface area contributed by atoms with Crippen molar-refractivity contribution in [2.75, 3.05) is 7.11 Å². The summed E-state index contributed by atoms with van der Waals surface area (Å²) < 4.78 is 4.72. The quantitative estimate of drug-likeness (QED) is 0.843. The Morgan fingerprint density at radius 3 is 2.78 bits per heavy atom. The molecular weight excluding hydrogens is 228 g/mol. The minimum atomic E-state index is -0.308. The summed E-state index contributed by atoms with van der Waals surface area (Å²) in [6.07, 6.45) is 0.763. The Bertz CT molecular complexity index is 553. The number of benzene rings is 1. The minimum absolute atomic E-state index is 0.308. The van der Waals surface area contributed by atoms with Gasteiger partial charge in [0.15, 0.2) is 0 Å². The number of H-pyrrole nitrogens is 1. The zero-order valence-corrected chi connectivity index (χ0v) is 10.8. The maximum atomic E-state index is 11.5. The van der Waals surface area contributed by atoms with Gasteiger partial charge in [-0.2, -0.15) is 5.10 Å². The molecule has 18 heavy (non-hydrogen) atoms. The number of esters is 1. The van der Waals surface area contributed by atoms with Crippen molar-refractivity contribution in [3.8, 4) is 0 Å². The number of ether oxygens (including phenoxy) is 1. The van der Waals surface area contributed by atoms with Crippen molar-refractivity contribution in [2.45, 2.75) is 20.3 Å². The molecule has 4 heteroatoms. The second-order valence-electron chi connectivity index (χ2n) is 4.28. The largest absolute Gasteiger partial charge is 0.465 e. The van der Waals surface area contributed by atoms with E-state index in [9.17, 15) is 4.79 Å². The molecule has 0 unspecified atom stereocenters. The number of carbonyl (C=O) groups excluding carboxylic acids is 1. The molecule has 1 heterocycles. The van der Waals surface area contributed by atoms with Crippen molar-refractivity contribution >= 4 is 5.97 Å². The van der Waals surface area contributed by atoms with Crippen molar-refractivity contribution in [2.24, 2.45) is 0 Å². The first-order valence-corrected chi connectivity index (χ1v) is 5.79. The van der Waals surface area contributed by atoms with Crippen LogP contribution < -0.4 is 0 Å². The monoisotopic (exact) mass is 244 g/mol. The number of aryl methyl sites for hydroxylation is 2. The van der Waals surface area contributed by atoms with E-state index in [1.807, 2.05) is 32.0 Å². The van der Waals surface area contributed by atoms with Crippen LogP contribution >= 0.6 is 0 Å². The molecule has 0 aliphatic carbocycles. The van der Waals surface area contributed by atoms with E-state index in [4.69, 9.17) is 4.74 Å². The maximum Gasteiger partial charge on any atom is 0.337 e. The number of rotatable bonds is 3. The molecule has 0 radical (unpaired) electrons. The van der Waals surface area contributed by atoms with Gasteiger partial charge in [-0.05, 0) is 31.5 Å². The molecule has 0 aliphatic heterocycles. The molecular formula is C14H16N2O2. The van der Waals surface area contributed by atoms with Gasteiger partial charge in [-0.1, -0.05) is 12.1 Å². The summed E-state index contributed by atoms with van der Waals surface area (Å²) in [4.78, 5) is 11.5. The Labute approximate surface area is 106 Å². The number of nitrogens with one attached hydrogen (secondary N) is 1. The lowest BCUT2D eigenvalue weighted by Crippen LogP contribution is -2.02. The average molecular weight is 244 g/mol. The summed E-state index contributed by atoms with van der Waals surface area (Å²) in [5.41, 5.74) is 4.89. The standard InChI is InChI=1S/C14H16N2O2/c1-9-13(10(2)16-15-9)8-11-5-4-6-12(7-11)14(17)18-3/h4-7H,8H2,1-3H3,(H,15,16). The predicted octanol–water partition coefficient (Wildman–Crippen LogP) is 2.40. The van der Waals surface area contributed by atoms with E-state index in [1.165, 1.54) is 12.7 Å². The van der Waals surface area contributed by atoms with Crippen LogP contribution in [0.4, 0.5) is 0 Å².